The maximum Gasteiger partial charge on any atom is 0.416 e. The highest BCUT2D eigenvalue weighted by atomic mass is 19.4. The van der Waals surface area contributed by atoms with Gasteiger partial charge in [-0.15, -0.1) is 0 Å². The maximum atomic E-state index is 13.8. The smallest absolute Gasteiger partial charge is 0.353 e. The molecule has 1 saturated heterocycles. The fraction of sp³-hybridized carbons (Fsp3) is 0.481. The fourth-order valence-corrected chi connectivity index (χ4v) is 4.78. The number of alkyl halides is 9. The Balaban J connectivity index is 1.90. The van der Waals surface area contributed by atoms with Crippen molar-refractivity contribution in [2.45, 2.75) is 63.8 Å². The molecule has 1 aliphatic rings. The Morgan fingerprint density at radius 2 is 1.55 bits per heavy atom. The second-order valence-electron chi connectivity index (χ2n) is 10.3. The molecule has 5 nitrogen and oxygen atoms in total. The van der Waals surface area contributed by atoms with E-state index in [2.05, 4.69) is 5.32 Å². The van der Waals surface area contributed by atoms with E-state index in [0.29, 0.717) is 30.2 Å². The van der Waals surface area contributed by atoms with Crippen LogP contribution in [0.25, 0.3) is 0 Å². The van der Waals surface area contributed by atoms with Crippen molar-refractivity contribution in [1.29, 1.82) is 0 Å². The lowest BCUT2D eigenvalue weighted by atomic mass is 9.89. The van der Waals surface area contributed by atoms with Gasteiger partial charge >= 0.3 is 24.6 Å². The number of amides is 3. The van der Waals surface area contributed by atoms with Crippen molar-refractivity contribution >= 4 is 11.9 Å². The predicted octanol–water partition coefficient (Wildman–Crippen LogP) is 7.24. The summed E-state index contributed by atoms with van der Waals surface area (Å²) in [6.07, 6.45) is -15.0. The Morgan fingerprint density at radius 1 is 0.976 bits per heavy atom. The van der Waals surface area contributed by atoms with Crippen molar-refractivity contribution in [3.05, 3.63) is 70.0 Å². The van der Waals surface area contributed by atoms with Crippen LogP contribution in [0.1, 0.15) is 53.6 Å². The second-order valence-corrected chi connectivity index (χ2v) is 10.3. The number of nitrogens with zero attached hydrogens (tertiary/aromatic N) is 2. The van der Waals surface area contributed by atoms with Crippen molar-refractivity contribution in [2.75, 3.05) is 13.6 Å². The molecule has 1 unspecified atom stereocenters. The zero-order chi connectivity index (χ0) is 31.8. The van der Waals surface area contributed by atoms with Crippen LogP contribution in [-0.2, 0) is 23.7 Å². The minimum absolute atomic E-state index is 0.00835. The first-order chi connectivity index (χ1) is 19.2. The average Bonchev–Trinajstić information content (AvgIpc) is 2.86. The molecule has 0 aromatic heterocycles. The third kappa shape index (κ3) is 7.85. The molecule has 0 radical (unpaired) electrons. The molecule has 2 aromatic carbocycles. The number of rotatable bonds is 5. The Labute approximate surface area is 234 Å². The van der Waals surface area contributed by atoms with Gasteiger partial charge in [-0.2, -0.15) is 39.5 Å². The molecular weight excluding hydrogens is 588 g/mol. The van der Waals surface area contributed by atoms with Crippen LogP contribution >= 0.6 is 0 Å². The van der Waals surface area contributed by atoms with E-state index in [-0.39, 0.29) is 25.5 Å². The molecule has 0 aliphatic carbocycles. The van der Waals surface area contributed by atoms with Gasteiger partial charge in [0.1, 0.15) is 11.7 Å². The minimum atomic E-state index is -5.08. The standard InChI is InChI=1S/C27H27F10N3O2/c1-14-8-19(28)4-5-21(14)22-12-20(38-23(41)15(2)25(29,30)31)6-7-40(22)24(42)39(3)13-16-9-17(26(32,33)34)11-18(10-16)27(35,36)37/h4-5,8-11,15,20,22H,6-7,12-13H2,1-3H3,(H,38,41)/t15?,20-,22+/m0/s1. The van der Waals surface area contributed by atoms with Crippen LogP contribution in [0, 0.1) is 18.7 Å². The molecule has 1 N–H and O–H groups in total. The van der Waals surface area contributed by atoms with Crippen LogP contribution in [0.5, 0.6) is 0 Å². The van der Waals surface area contributed by atoms with Crippen LogP contribution in [-0.4, -0.2) is 47.5 Å². The van der Waals surface area contributed by atoms with Gasteiger partial charge in [-0.25, -0.2) is 9.18 Å². The van der Waals surface area contributed by atoms with Gasteiger partial charge in [0.2, 0.25) is 5.91 Å². The Hall–Kier alpha value is -3.52. The zero-order valence-electron chi connectivity index (χ0n) is 22.5. The summed E-state index contributed by atoms with van der Waals surface area (Å²) in [4.78, 5) is 27.9. The number of halogens is 10. The van der Waals surface area contributed by atoms with Crippen LogP contribution in [0.2, 0.25) is 0 Å². The predicted molar refractivity (Wildman–Crippen MR) is 130 cm³/mol. The quantitative estimate of drug-likeness (QED) is 0.361. The highest BCUT2D eigenvalue weighted by molar-refractivity contribution is 5.79. The van der Waals surface area contributed by atoms with Gasteiger partial charge in [0.05, 0.1) is 17.2 Å². The summed E-state index contributed by atoms with van der Waals surface area (Å²) in [6, 6.07) is 2.08. The van der Waals surface area contributed by atoms with E-state index >= 15 is 0 Å². The first kappa shape index (κ1) is 33.0. The molecule has 1 heterocycles. The van der Waals surface area contributed by atoms with Crippen LogP contribution in [0.4, 0.5) is 48.7 Å². The minimum Gasteiger partial charge on any atom is -0.353 e. The lowest BCUT2D eigenvalue weighted by Crippen LogP contribution is -2.52. The summed E-state index contributed by atoms with van der Waals surface area (Å²) in [7, 11) is 1.17. The molecule has 3 rings (SSSR count). The van der Waals surface area contributed by atoms with Crippen molar-refractivity contribution in [3.8, 4) is 0 Å². The number of carbonyl (C=O) groups excluding carboxylic acids is 2. The van der Waals surface area contributed by atoms with Crippen LogP contribution in [0.15, 0.2) is 36.4 Å². The number of aryl methyl sites for hydroxylation is 1. The molecule has 1 aliphatic heterocycles. The highest BCUT2D eigenvalue weighted by Gasteiger charge is 2.43. The third-order valence-electron chi connectivity index (χ3n) is 7.06. The van der Waals surface area contributed by atoms with Gasteiger partial charge in [-0.05, 0) is 73.7 Å². The highest BCUT2D eigenvalue weighted by Crippen LogP contribution is 2.38. The molecule has 232 valence electrons. The first-order valence-corrected chi connectivity index (χ1v) is 12.6. The number of nitrogens with one attached hydrogen (secondary N) is 1. The van der Waals surface area contributed by atoms with Gasteiger partial charge in [-0.1, -0.05) is 6.07 Å². The van der Waals surface area contributed by atoms with Gasteiger partial charge in [0.25, 0.3) is 0 Å². The summed E-state index contributed by atoms with van der Waals surface area (Å²) >= 11 is 0. The molecule has 15 heteroatoms. The van der Waals surface area contributed by atoms with E-state index in [9.17, 15) is 53.5 Å². The van der Waals surface area contributed by atoms with E-state index < -0.39 is 77.5 Å². The van der Waals surface area contributed by atoms with E-state index in [1.165, 1.54) is 24.9 Å². The van der Waals surface area contributed by atoms with Crippen molar-refractivity contribution in [1.82, 2.24) is 15.1 Å². The van der Waals surface area contributed by atoms with Crippen molar-refractivity contribution in [3.63, 3.8) is 0 Å². The lowest BCUT2D eigenvalue weighted by molar-refractivity contribution is -0.179. The van der Waals surface area contributed by atoms with Gasteiger partial charge in [0, 0.05) is 26.2 Å². The Morgan fingerprint density at radius 3 is 2.05 bits per heavy atom. The first-order valence-electron chi connectivity index (χ1n) is 12.6. The molecule has 3 atom stereocenters. The van der Waals surface area contributed by atoms with Crippen molar-refractivity contribution in [2.24, 2.45) is 5.92 Å². The fourth-order valence-electron chi connectivity index (χ4n) is 4.78. The number of urea groups is 1. The molecule has 0 saturated carbocycles. The number of hydrogen-bond donors (Lipinski definition) is 1. The summed E-state index contributed by atoms with van der Waals surface area (Å²) in [5.74, 6) is -4.18. The summed E-state index contributed by atoms with van der Waals surface area (Å²) in [5.41, 5.74) is -2.75. The van der Waals surface area contributed by atoms with Gasteiger partial charge in [-0.3, -0.25) is 4.79 Å². The molecule has 0 spiro atoms. The topological polar surface area (TPSA) is 52.7 Å². The third-order valence-corrected chi connectivity index (χ3v) is 7.06. The van der Waals surface area contributed by atoms with E-state index in [4.69, 9.17) is 0 Å². The SMILES string of the molecule is Cc1cc(F)ccc1[C@H]1C[C@@H](NC(=O)C(C)C(F)(F)F)CCN1C(=O)N(C)Cc1cc(C(F)(F)F)cc(C(F)(F)F)c1. The summed E-state index contributed by atoms with van der Waals surface area (Å²) in [5, 5.41) is 2.33. The van der Waals surface area contributed by atoms with E-state index in [0.717, 1.165) is 17.0 Å². The average molecular weight is 616 g/mol. The molecular formula is C27H27F10N3O2. The van der Waals surface area contributed by atoms with Crippen LogP contribution in [0.3, 0.4) is 0 Å². The number of hydrogen-bond acceptors (Lipinski definition) is 2. The second kappa shape index (κ2) is 12.0. The Bertz CT molecular complexity index is 1270. The van der Waals surface area contributed by atoms with Gasteiger partial charge < -0.3 is 15.1 Å². The van der Waals surface area contributed by atoms with Crippen LogP contribution < -0.4 is 5.32 Å². The monoisotopic (exact) mass is 615 g/mol. The molecule has 0 bridgehead atoms. The summed E-state index contributed by atoms with van der Waals surface area (Å²) < 4.78 is 133. The molecule has 42 heavy (non-hydrogen) atoms. The number of likely N-dealkylation sites (tertiary alicyclic amines) is 1. The van der Waals surface area contributed by atoms with Gasteiger partial charge in [0.15, 0.2) is 0 Å². The number of carbonyl (C=O) groups is 2. The lowest BCUT2D eigenvalue weighted by Gasteiger charge is -2.42. The number of piperidine rings is 1. The van der Waals surface area contributed by atoms with Crippen molar-refractivity contribution < 1.29 is 53.5 Å². The molecule has 2 aromatic rings. The molecule has 1 fully saturated rings. The summed E-state index contributed by atoms with van der Waals surface area (Å²) in [6.45, 7) is 1.45. The largest absolute Gasteiger partial charge is 0.416 e. The zero-order valence-corrected chi connectivity index (χ0v) is 22.5. The van der Waals surface area contributed by atoms with E-state index in [1.54, 1.807) is 0 Å². The maximum absolute atomic E-state index is 13.8. The molecule has 3 amide bonds. The number of benzene rings is 2. The van der Waals surface area contributed by atoms with E-state index in [1.807, 2.05) is 0 Å². The normalized spacial score (nSPS) is 18.9. The Kier molecular flexibility index (Phi) is 9.42.